The Morgan fingerprint density at radius 1 is 1.04 bits per heavy atom. The molecule has 1 atom stereocenters. The van der Waals surface area contributed by atoms with Crippen LogP contribution in [0.25, 0.3) is 0 Å². The zero-order chi connectivity index (χ0) is 16.5. The number of allylic oxidation sites excluding steroid dienone is 2. The number of aliphatic imine (C=N–C) groups is 1. The van der Waals surface area contributed by atoms with Crippen molar-refractivity contribution < 1.29 is 4.79 Å². The molecule has 0 radical (unpaired) electrons. The van der Waals surface area contributed by atoms with E-state index in [-0.39, 0.29) is 5.78 Å². The zero-order valence-electron chi connectivity index (χ0n) is 13.8. The maximum atomic E-state index is 12.6. The summed E-state index contributed by atoms with van der Waals surface area (Å²) in [6, 6.07) is 18.5. The van der Waals surface area contributed by atoms with Crippen LogP contribution in [0.5, 0.6) is 0 Å². The first-order valence-electron chi connectivity index (χ1n) is 8.43. The number of anilines is 1. The lowest BCUT2D eigenvalue weighted by atomic mass is 9.87. The molecule has 0 fully saturated rings. The van der Waals surface area contributed by atoms with Crippen molar-refractivity contribution in [2.45, 2.75) is 26.3 Å². The average Bonchev–Trinajstić information content (AvgIpc) is 2.74. The summed E-state index contributed by atoms with van der Waals surface area (Å²) in [5, 5.41) is 0. The molecule has 120 valence electrons. The molecule has 24 heavy (non-hydrogen) atoms. The van der Waals surface area contributed by atoms with Crippen molar-refractivity contribution in [1.82, 2.24) is 0 Å². The van der Waals surface area contributed by atoms with Gasteiger partial charge in [0.05, 0.1) is 16.9 Å². The summed E-state index contributed by atoms with van der Waals surface area (Å²) in [7, 11) is 0. The Kier molecular flexibility index (Phi) is 3.77. The fourth-order valence-electron chi connectivity index (χ4n) is 3.53. The van der Waals surface area contributed by atoms with Crippen LogP contribution in [0.15, 0.2) is 70.9 Å². The van der Waals surface area contributed by atoms with E-state index < -0.39 is 0 Å². The molecule has 4 rings (SSSR count). The van der Waals surface area contributed by atoms with Crippen LogP contribution < -0.4 is 4.90 Å². The van der Waals surface area contributed by atoms with E-state index in [1.54, 1.807) is 6.21 Å². The molecule has 1 aliphatic carbocycles. The van der Waals surface area contributed by atoms with Crippen LogP contribution in [-0.2, 0) is 11.3 Å². The van der Waals surface area contributed by atoms with Crippen LogP contribution >= 0.6 is 0 Å². The predicted molar refractivity (Wildman–Crippen MR) is 97.7 cm³/mol. The Balaban J connectivity index is 1.85. The minimum atomic E-state index is 0.207. The largest absolute Gasteiger partial charge is 0.338 e. The molecule has 3 heteroatoms. The normalized spacial score (nSPS) is 19.8. The van der Waals surface area contributed by atoms with E-state index in [1.165, 1.54) is 5.56 Å². The molecule has 1 heterocycles. The van der Waals surface area contributed by atoms with Gasteiger partial charge in [0.2, 0.25) is 0 Å². The summed E-state index contributed by atoms with van der Waals surface area (Å²) in [5.41, 5.74) is 5.11. The highest BCUT2D eigenvalue weighted by atomic mass is 16.1. The number of hydrogen-bond donors (Lipinski definition) is 0. The Hall–Kier alpha value is -2.68. The number of para-hydroxylation sites is 2. The van der Waals surface area contributed by atoms with Gasteiger partial charge in [-0.2, -0.15) is 0 Å². The fraction of sp³-hybridized carbons (Fsp3) is 0.238. The van der Waals surface area contributed by atoms with Crippen molar-refractivity contribution in [2.24, 2.45) is 10.9 Å². The summed E-state index contributed by atoms with van der Waals surface area (Å²) in [6.07, 6.45) is 3.29. The molecule has 3 nitrogen and oxygen atoms in total. The molecular weight excluding hydrogens is 296 g/mol. The fourth-order valence-corrected chi connectivity index (χ4v) is 3.53. The van der Waals surface area contributed by atoms with Gasteiger partial charge in [0.25, 0.3) is 0 Å². The number of benzene rings is 2. The van der Waals surface area contributed by atoms with Crippen LogP contribution in [-0.4, -0.2) is 12.0 Å². The van der Waals surface area contributed by atoms with Gasteiger partial charge < -0.3 is 4.90 Å². The zero-order valence-corrected chi connectivity index (χ0v) is 13.8. The monoisotopic (exact) mass is 316 g/mol. The van der Waals surface area contributed by atoms with Crippen molar-refractivity contribution in [1.29, 1.82) is 0 Å². The average molecular weight is 316 g/mol. The number of fused-ring (bicyclic) bond motifs is 1. The lowest BCUT2D eigenvalue weighted by molar-refractivity contribution is -0.116. The highest BCUT2D eigenvalue weighted by Gasteiger charge is 2.30. The topological polar surface area (TPSA) is 32.7 Å². The van der Waals surface area contributed by atoms with E-state index in [0.717, 1.165) is 35.6 Å². The van der Waals surface area contributed by atoms with E-state index in [1.807, 2.05) is 24.3 Å². The van der Waals surface area contributed by atoms with E-state index in [4.69, 9.17) is 0 Å². The molecular formula is C21H20N2O. The Morgan fingerprint density at radius 3 is 2.62 bits per heavy atom. The molecule has 0 aromatic heterocycles. The molecule has 0 bridgehead atoms. The first-order chi connectivity index (χ1) is 11.7. The third-order valence-corrected chi connectivity index (χ3v) is 4.70. The van der Waals surface area contributed by atoms with Gasteiger partial charge in [0.15, 0.2) is 5.78 Å². The molecule has 0 N–H and O–H groups in total. The van der Waals surface area contributed by atoms with Gasteiger partial charge in [0.1, 0.15) is 0 Å². The van der Waals surface area contributed by atoms with Crippen LogP contribution in [0.2, 0.25) is 0 Å². The molecule has 1 aliphatic heterocycles. The highest BCUT2D eigenvalue weighted by molar-refractivity contribution is 6.16. The van der Waals surface area contributed by atoms with Crippen molar-refractivity contribution in [3.63, 3.8) is 0 Å². The second kappa shape index (κ2) is 6.08. The van der Waals surface area contributed by atoms with Crippen LogP contribution in [0.4, 0.5) is 11.4 Å². The van der Waals surface area contributed by atoms with Crippen LogP contribution in [0.3, 0.4) is 0 Å². The SMILES string of the molecule is C[C@H]1CC(=O)C2=C(C1)N(Cc1ccccc1)c1ccccc1N=C2. The van der Waals surface area contributed by atoms with Gasteiger partial charge in [0, 0.05) is 24.9 Å². The standard InChI is InChI=1S/C21H20N2O/c1-15-11-20-17(21(24)12-15)13-22-18-9-5-6-10-19(18)23(20)14-16-7-3-2-4-8-16/h2-10,13,15H,11-12,14H2,1H3/t15-/m1/s1. The van der Waals surface area contributed by atoms with Crippen LogP contribution in [0, 0.1) is 5.92 Å². The van der Waals surface area contributed by atoms with E-state index in [0.29, 0.717) is 12.3 Å². The van der Waals surface area contributed by atoms with E-state index in [2.05, 4.69) is 47.1 Å². The second-order valence-corrected chi connectivity index (χ2v) is 6.62. The van der Waals surface area contributed by atoms with E-state index >= 15 is 0 Å². The number of rotatable bonds is 2. The summed E-state index contributed by atoms with van der Waals surface area (Å²) in [5.74, 6) is 0.576. The van der Waals surface area contributed by atoms with Gasteiger partial charge in [-0.15, -0.1) is 0 Å². The smallest absolute Gasteiger partial charge is 0.166 e. The summed E-state index contributed by atoms with van der Waals surface area (Å²) in [6.45, 7) is 2.90. The van der Waals surface area contributed by atoms with Crippen LogP contribution in [0.1, 0.15) is 25.3 Å². The number of carbonyl (C=O) groups excluding carboxylic acids is 1. The van der Waals surface area contributed by atoms with Gasteiger partial charge in [-0.25, -0.2) is 0 Å². The lowest BCUT2D eigenvalue weighted by Crippen LogP contribution is -2.30. The number of ketones is 1. The molecule has 0 amide bonds. The molecule has 0 unspecified atom stereocenters. The minimum absolute atomic E-state index is 0.207. The number of carbonyl (C=O) groups is 1. The maximum Gasteiger partial charge on any atom is 0.166 e. The first-order valence-corrected chi connectivity index (χ1v) is 8.43. The molecule has 0 saturated heterocycles. The third kappa shape index (κ3) is 2.67. The quantitative estimate of drug-likeness (QED) is 0.807. The predicted octanol–water partition coefficient (Wildman–Crippen LogP) is 4.66. The van der Waals surface area contributed by atoms with Crippen molar-refractivity contribution in [2.75, 3.05) is 4.90 Å². The summed E-state index contributed by atoms with van der Waals surface area (Å²) < 4.78 is 0. The van der Waals surface area contributed by atoms with Crippen molar-refractivity contribution in [3.05, 3.63) is 71.4 Å². The Labute approximate surface area is 142 Å². The molecule has 0 spiro atoms. The molecule has 2 aromatic rings. The highest BCUT2D eigenvalue weighted by Crippen LogP contribution is 2.39. The number of hydrogen-bond acceptors (Lipinski definition) is 3. The second-order valence-electron chi connectivity index (χ2n) is 6.62. The molecule has 2 aromatic carbocycles. The number of nitrogens with zero attached hydrogens (tertiary/aromatic N) is 2. The maximum absolute atomic E-state index is 12.6. The van der Waals surface area contributed by atoms with Gasteiger partial charge in [-0.3, -0.25) is 9.79 Å². The van der Waals surface area contributed by atoms with Crippen molar-refractivity contribution in [3.8, 4) is 0 Å². The number of Topliss-reactive ketones (excluding diaryl/α,β-unsaturated/α-hetero) is 1. The minimum Gasteiger partial charge on any atom is -0.338 e. The van der Waals surface area contributed by atoms with Gasteiger partial charge >= 0.3 is 0 Å². The summed E-state index contributed by atoms with van der Waals surface area (Å²) >= 11 is 0. The Bertz CT molecular complexity index is 836. The Morgan fingerprint density at radius 2 is 1.79 bits per heavy atom. The first kappa shape index (κ1) is 14.9. The lowest BCUT2D eigenvalue weighted by Gasteiger charge is -2.32. The molecule has 0 saturated carbocycles. The van der Waals surface area contributed by atoms with Crippen molar-refractivity contribution >= 4 is 23.4 Å². The van der Waals surface area contributed by atoms with Gasteiger partial charge in [-0.1, -0.05) is 49.4 Å². The summed E-state index contributed by atoms with van der Waals surface area (Å²) in [4.78, 5) is 19.4. The van der Waals surface area contributed by atoms with E-state index in [9.17, 15) is 4.79 Å². The van der Waals surface area contributed by atoms with Gasteiger partial charge in [-0.05, 0) is 30.0 Å². The third-order valence-electron chi connectivity index (χ3n) is 4.70. The molecule has 2 aliphatic rings.